The van der Waals surface area contributed by atoms with Gasteiger partial charge in [-0.2, -0.15) is 0 Å². The second-order valence-electron chi connectivity index (χ2n) is 23.8. The van der Waals surface area contributed by atoms with E-state index in [1.807, 2.05) is 0 Å². The molecule has 4 heterocycles. The first-order valence-electron chi connectivity index (χ1n) is 55.8. The minimum Gasteiger partial charge on any atom is -0.339 e. The maximum atomic E-state index is 10.8. The van der Waals surface area contributed by atoms with Gasteiger partial charge >= 0.3 is 0 Å². The highest BCUT2D eigenvalue weighted by Crippen LogP contribution is 2.56. The van der Waals surface area contributed by atoms with E-state index in [1.54, 1.807) is 0 Å². The molecule has 0 radical (unpaired) electrons. The van der Waals surface area contributed by atoms with Crippen LogP contribution in [0, 0.1) is 47.3 Å². The molecular weight excluding hydrogens is 1080 g/mol. The number of anilines is 4. The van der Waals surface area contributed by atoms with Crippen LogP contribution < -0.4 is 26.2 Å². The largest absolute Gasteiger partial charge is 0.339 e. The lowest BCUT2D eigenvalue weighted by Crippen LogP contribution is -2.66. The molecule has 6 fully saturated rings. The Labute approximate surface area is 596 Å². The van der Waals surface area contributed by atoms with Crippen LogP contribution in [-0.2, 0) is 0 Å². The topological polar surface area (TPSA) is 16.3 Å². The number of aromatic nitrogens is 2. The Morgan fingerprint density at radius 2 is 0.640 bits per heavy atom. The molecule has 0 N–H and O–H groups in total. The van der Waals surface area contributed by atoms with Crippen LogP contribution >= 0.6 is 0 Å². The van der Waals surface area contributed by atoms with Crippen LogP contribution in [0.25, 0.3) is 66.1 Å². The van der Waals surface area contributed by atoms with Gasteiger partial charge in [0.1, 0.15) is 0 Å². The highest BCUT2D eigenvalue weighted by Gasteiger charge is 2.53. The number of para-hydroxylation sites is 4. The van der Waals surface area contributed by atoms with Crippen LogP contribution in [0.1, 0.15) is 231 Å². The molecule has 6 aliphatic carbocycles. The third-order valence-corrected chi connectivity index (χ3v) is 19.3. The molecule has 8 aliphatic rings. The van der Waals surface area contributed by atoms with Crippen molar-refractivity contribution in [2.45, 2.75) is 178 Å². The van der Waals surface area contributed by atoms with Crippen LogP contribution in [0.2, 0.25) is 0 Å². The molecule has 0 saturated heterocycles. The smallest absolute Gasteiger partial charge is 0.252 e. The minimum absolute atomic E-state index is 0.0897. The molecule has 0 bridgehead atoms. The van der Waals surface area contributed by atoms with Gasteiger partial charge in [-0.3, -0.25) is 0 Å². The molecule has 10 aromatic rings. The lowest BCUT2D eigenvalue weighted by molar-refractivity contribution is 0.0835. The van der Waals surface area contributed by atoms with Crippen molar-refractivity contribution < 1.29 is 64.4 Å². The summed E-state index contributed by atoms with van der Waals surface area (Å²) in [5.74, 6) is -15.9. The van der Waals surface area contributed by atoms with Gasteiger partial charge < -0.3 is 18.9 Å². The fourth-order valence-electron chi connectivity index (χ4n) is 15.6. The van der Waals surface area contributed by atoms with Crippen molar-refractivity contribution in [3.63, 3.8) is 0 Å². The fourth-order valence-corrected chi connectivity index (χ4v) is 15.6. The molecule has 18 rings (SSSR count). The SMILES string of the molecule is [2H]c1c([2H])c([2H])c(-c2cc3c4c(c2)N(C2C(C5C([2H])C([2H])C([2H])C([2H])C5[2H])C([2H])C([2H])C([2H])C2C2C([2H])C([2H])C([2H])C([2H])C2[2H])c2cc(-n5c6c([2H])c([2H])c([2H])c([2H])c6c6c([2H])c([2H])c([2H])c([2H])c65)ccc2B4c2ccc(-n4c5c([2H])c([2H])c([2H])c([2H])c5c5c([2H])c([2H])c([2H])c([2H])c54)cc2N3C2C(C3C([2H])C([2H])C([2H])C([2H])C3[2H])C([2H])C([2H])C([2H])C2C2C([2H])C([2H])C([2H])C([2H])C2[2H])c([2H])c1[2H]. The van der Waals surface area contributed by atoms with E-state index in [9.17, 15) is 57.6 Å². The third-order valence-electron chi connectivity index (χ3n) is 19.3. The van der Waals surface area contributed by atoms with Crippen LogP contribution in [0.5, 0.6) is 0 Å². The second kappa shape index (κ2) is 23.1. The third kappa shape index (κ3) is 9.16. The molecule has 2 aliphatic heterocycles. The summed E-state index contributed by atoms with van der Waals surface area (Å²) in [6, 6.07) is -12.3. The number of hydrogen-bond donors (Lipinski definition) is 0. The van der Waals surface area contributed by atoms with E-state index >= 15 is 0 Å². The highest BCUT2D eigenvalue weighted by molar-refractivity contribution is 7.00. The first kappa shape index (κ1) is 25.3. The van der Waals surface area contributed by atoms with Crippen molar-refractivity contribution in [3.8, 4) is 22.5 Å². The van der Waals surface area contributed by atoms with Crippen molar-refractivity contribution in [1.29, 1.82) is 0 Å². The molecule has 5 heteroatoms. The molecule has 6 saturated carbocycles. The molecule has 0 spiro atoms. The van der Waals surface area contributed by atoms with Crippen LogP contribution in [-0.4, -0.2) is 27.9 Å². The van der Waals surface area contributed by atoms with Gasteiger partial charge in [0.05, 0.1) is 50.9 Å². The van der Waals surface area contributed by atoms with Gasteiger partial charge in [0, 0.05) is 103 Å². The average molecular weight is 1210 g/mol. The Hall–Kier alpha value is -6.98. The van der Waals surface area contributed by atoms with Gasteiger partial charge in [0.25, 0.3) is 6.71 Å². The summed E-state index contributed by atoms with van der Waals surface area (Å²) in [7, 11) is 0. The predicted molar refractivity (Wildman–Crippen MR) is 378 cm³/mol. The first-order chi connectivity index (χ1) is 63.7. The lowest BCUT2D eigenvalue weighted by Gasteiger charge is -2.57. The van der Waals surface area contributed by atoms with E-state index in [2.05, 4.69) is 0 Å². The van der Waals surface area contributed by atoms with Crippen LogP contribution in [0.15, 0.2) is 175 Å². The van der Waals surface area contributed by atoms with Crippen molar-refractivity contribution in [2.24, 2.45) is 47.3 Å². The summed E-state index contributed by atoms with van der Waals surface area (Å²) >= 11 is 0. The number of fused-ring (bicyclic) bond motifs is 10. The van der Waals surface area contributed by atoms with Crippen molar-refractivity contribution >= 4 is 89.5 Å². The lowest BCUT2D eigenvalue weighted by atomic mass is 9.33. The Morgan fingerprint density at radius 3 is 0.989 bits per heavy atom. The molecule has 0 amide bonds. The van der Waals surface area contributed by atoms with Gasteiger partial charge in [-0.05, 0) is 161 Å². The van der Waals surface area contributed by atoms with Gasteiger partial charge in [-0.25, -0.2) is 0 Å². The molecule has 8 aromatic carbocycles. The standard InChI is InChI=1S/C84H91BN4/c1-6-26-56(27-7-1)61-52-80-82-81(53-61)89(84-66(59-32-12-4-13-33-59)42-25-43-67(84)60-34-14-5-15-35-60)79-55-63(87-76-46-22-18-38-70(76)71-39-19-23-47-77(71)87)49-51-73(79)85(82)72-50-48-62(86-74-44-20-16-36-68(74)69-37-17-21-45-75(69)86)54-78(72)88(80)83-64(57-28-8-2-9-29-57)40-24-41-65(83)58-30-10-3-11-31-58/h1,6-7,16-23,26-27,36-39,44-55,57-60,64-67,83-84H,2-5,8-15,24-25,28-35,40-43H2/i1D,2D,3D,4D,5D,6D,7D,8D,9D,10D,11D,12D,13D,14D,15D,16D,17D,18D,19D,20D,21D,22D,23D,24D,25D,26D,27D,28D,29D,30D,31D,32D,33D,34D,35D,36D,37D,38D,39D,40D,41D,42D,43D,44D,45D,46D,47D. The molecule has 24 unspecified atom stereocenters. The Balaban J connectivity index is 1.10. The number of benzene rings is 8. The summed E-state index contributed by atoms with van der Waals surface area (Å²) in [6.45, 7) is -1.71. The summed E-state index contributed by atoms with van der Waals surface area (Å²) in [5, 5.41) is -1.84. The Bertz CT molecular complexity index is 5920. The van der Waals surface area contributed by atoms with E-state index in [1.165, 1.54) is 58.3 Å². The van der Waals surface area contributed by atoms with Gasteiger partial charge in [0.15, 0.2) is 0 Å². The molecule has 2 aromatic heterocycles. The Kier molecular flexibility index (Phi) is 6.54. The number of rotatable bonds is 9. The molecule has 4 nitrogen and oxygen atoms in total. The van der Waals surface area contributed by atoms with E-state index in [4.69, 9.17) is 6.85 Å². The predicted octanol–water partition coefficient (Wildman–Crippen LogP) is 20.9. The second-order valence-corrected chi connectivity index (χ2v) is 23.8. The molecular formula is C84H91BN4. The van der Waals surface area contributed by atoms with Gasteiger partial charge in [-0.15, -0.1) is 0 Å². The highest BCUT2D eigenvalue weighted by atomic mass is 15.2. The maximum Gasteiger partial charge on any atom is 0.252 e. The van der Waals surface area contributed by atoms with Gasteiger partial charge in [-0.1, -0.05) is 256 Å². The monoisotopic (exact) mass is 1210 g/mol. The Morgan fingerprint density at radius 1 is 0.315 bits per heavy atom. The van der Waals surface area contributed by atoms with Crippen molar-refractivity contribution in [1.82, 2.24) is 9.13 Å². The first-order valence-corrected chi connectivity index (χ1v) is 30.3. The number of hydrogen-bond acceptors (Lipinski definition) is 2. The number of nitrogens with zero attached hydrogens (tertiary/aromatic N) is 4. The zero-order chi connectivity index (χ0) is 99.4. The van der Waals surface area contributed by atoms with E-state index in [-0.39, 0.29) is 39.1 Å². The van der Waals surface area contributed by atoms with Gasteiger partial charge in [0.2, 0.25) is 0 Å². The molecule has 89 heavy (non-hydrogen) atoms. The quantitative estimate of drug-likeness (QED) is 0.134. The molecule has 24 atom stereocenters. The maximum absolute atomic E-state index is 10.8. The summed E-state index contributed by atoms with van der Waals surface area (Å²) in [6.07, 6.45) is -52.2. The zero-order valence-electron chi connectivity index (χ0n) is 94.8. The van der Waals surface area contributed by atoms with E-state index < -0.39 is 425 Å². The fraction of sp³-hybridized carbons (Fsp3) is 0.429. The van der Waals surface area contributed by atoms with Crippen molar-refractivity contribution in [2.75, 3.05) is 9.80 Å². The average Bonchev–Trinajstić information content (AvgIpc) is 0.876. The minimum atomic E-state index is -2.17. The van der Waals surface area contributed by atoms with E-state index in [0.29, 0.717) is 0 Å². The zero-order valence-corrected chi connectivity index (χ0v) is 47.8. The molecule has 450 valence electrons. The van der Waals surface area contributed by atoms with Crippen LogP contribution in [0.3, 0.4) is 0 Å². The van der Waals surface area contributed by atoms with Crippen LogP contribution in [0.4, 0.5) is 22.7 Å². The van der Waals surface area contributed by atoms with E-state index in [0.717, 1.165) is 9.13 Å². The normalized spacial score (nSPS) is 56.2. The summed E-state index contributed by atoms with van der Waals surface area (Å²) < 4.78 is 462. The summed E-state index contributed by atoms with van der Waals surface area (Å²) in [4.78, 5) is 2.71. The summed E-state index contributed by atoms with van der Waals surface area (Å²) in [5.41, 5.74) is -5.70. The van der Waals surface area contributed by atoms with Crippen molar-refractivity contribution in [3.05, 3.63) is 175 Å².